The predicted octanol–water partition coefficient (Wildman–Crippen LogP) is 0.441. The van der Waals surface area contributed by atoms with Crippen LogP contribution in [0.5, 0.6) is 0 Å². The number of nitrogens with zero attached hydrogens (tertiary/aromatic N) is 1. The Morgan fingerprint density at radius 1 is 1.43 bits per heavy atom. The third-order valence-electron chi connectivity index (χ3n) is 3.80. The maximum absolute atomic E-state index is 9.30. The first-order valence-electron chi connectivity index (χ1n) is 5.90. The quantitative estimate of drug-likeness (QED) is 0.676. The van der Waals surface area contributed by atoms with Gasteiger partial charge >= 0.3 is 0 Å². The topological polar surface area (TPSA) is 35.5 Å². The third-order valence-corrected chi connectivity index (χ3v) is 3.80. The summed E-state index contributed by atoms with van der Waals surface area (Å²) in [4.78, 5) is 2.55. The molecule has 2 heterocycles. The maximum Gasteiger partial charge on any atom is 0.0586 e. The number of piperidine rings is 1. The highest BCUT2D eigenvalue weighted by molar-refractivity contribution is 4.89. The van der Waals surface area contributed by atoms with Crippen molar-refractivity contribution in [2.24, 2.45) is 5.92 Å². The molecule has 2 N–H and O–H groups in total. The van der Waals surface area contributed by atoms with Crippen molar-refractivity contribution >= 4 is 0 Å². The molecule has 82 valence electrons. The van der Waals surface area contributed by atoms with Crippen LogP contribution >= 0.6 is 0 Å². The SMILES string of the molecule is C[C@@H]1CNCC[C@@H]1N1CCCC1CO. The van der Waals surface area contributed by atoms with Crippen LogP contribution in [0.1, 0.15) is 26.2 Å². The fourth-order valence-corrected chi connectivity index (χ4v) is 2.98. The zero-order valence-electron chi connectivity index (χ0n) is 9.08. The Morgan fingerprint density at radius 2 is 2.29 bits per heavy atom. The van der Waals surface area contributed by atoms with Gasteiger partial charge in [0.15, 0.2) is 0 Å². The minimum Gasteiger partial charge on any atom is -0.395 e. The molecule has 3 heteroatoms. The second-order valence-electron chi connectivity index (χ2n) is 4.75. The molecule has 0 radical (unpaired) electrons. The molecule has 2 saturated heterocycles. The Balaban J connectivity index is 1.97. The Bertz CT molecular complexity index is 186. The monoisotopic (exact) mass is 198 g/mol. The minimum absolute atomic E-state index is 0.344. The van der Waals surface area contributed by atoms with E-state index in [1.54, 1.807) is 0 Å². The average Bonchev–Trinajstić information content (AvgIpc) is 2.66. The first kappa shape index (κ1) is 10.4. The molecule has 14 heavy (non-hydrogen) atoms. The van der Waals surface area contributed by atoms with Gasteiger partial charge in [-0.25, -0.2) is 0 Å². The van der Waals surface area contributed by atoms with Gasteiger partial charge in [0.25, 0.3) is 0 Å². The first-order chi connectivity index (χ1) is 6.83. The van der Waals surface area contributed by atoms with Crippen LogP contribution in [-0.2, 0) is 0 Å². The van der Waals surface area contributed by atoms with Crippen molar-refractivity contribution in [1.29, 1.82) is 0 Å². The van der Waals surface area contributed by atoms with Gasteiger partial charge in [0, 0.05) is 12.1 Å². The van der Waals surface area contributed by atoms with Gasteiger partial charge in [0.2, 0.25) is 0 Å². The summed E-state index contributed by atoms with van der Waals surface area (Å²) >= 11 is 0. The molecule has 3 nitrogen and oxygen atoms in total. The molecule has 2 fully saturated rings. The van der Waals surface area contributed by atoms with Crippen LogP contribution in [0.4, 0.5) is 0 Å². The van der Waals surface area contributed by atoms with E-state index in [9.17, 15) is 5.11 Å². The summed E-state index contributed by atoms with van der Waals surface area (Å²) < 4.78 is 0. The number of hydrogen-bond acceptors (Lipinski definition) is 3. The minimum atomic E-state index is 0.344. The molecule has 0 spiro atoms. The Morgan fingerprint density at radius 3 is 3.00 bits per heavy atom. The summed E-state index contributed by atoms with van der Waals surface area (Å²) in [7, 11) is 0. The second kappa shape index (κ2) is 4.60. The summed E-state index contributed by atoms with van der Waals surface area (Å²) in [6, 6.07) is 1.15. The fraction of sp³-hybridized carbons (Fsp3) is 1.00. The van der Waals surface area contributed by atoms with E-state index in [0.29, 0.717) is 18.7 Å². The summed E-state index contributed by atoms with van der Waals surface area (Å²) in [6.45, 7) is 6.14. The Kier molecular flexibility index (Phi) is 3.42. The first-order valence-corrected chi connectivity index (χ1v) is 5.90. The number of nitrogens with one attached hydrogen (secondary N) is 1. The largest absolute Gasteiger partial charge is 0.395 e. The van der Waals surface area contributed by atoms with Crippen LogP contribution in [-0.4, -0.2) is 48.3 Å². The van der Waals surface area contributed by atoms with Crippen molar-refractivity contribution in [3.05, 3.63) is 0 Å². The number of aliphatic hydroxyl groups is 1. The molecule has 0 aromatic heterocycles. The third kappa shape index (κ3) is 1.95. The van der Waals surface area contributed by atoms with Crippen molar-refractivity contribution in [1.82, 2.24) is 10.2 Å². The van der Waals surface area contributed by atoms with Crippen LogP contribution in [0.15, 0.2) is 0 Å². The fourth-order valence-electron chi connectivity index (χ4n) is 2.98. The highest BCUT2D eigenvalue weighted by atomic mass is 16.3. The van der Waals surface area contributed by atoms with E-state index < -0.39 is 0 Å². The Labute approximate surface area is 86.5 Å². The van der Waals surface area contributed by atoms with Crippen molar-refractivity contribution in [2.45, 2.75) is 38.3 Å². The number of rotatable bonds is 2. The summed E-state index contributed by atoms with van der Waals surface area (Å²) in [6.07, 6.45) is 3.70. The van der Waals surface area contributed by atoms with E-state index in [-0.39, 0.29) is 0 Å². The van der Waals surface area contributed by atoms with Gasteiger partial charge < -0.3 is 10.4 Å². The van der Waals surface area contributed by atoms with Gasteiger partial charge in [-0.3, -0.25) is 4.90 Å². The van der Waals surface area contributed by atoms with Crippen LogP contribution in [0, 0.1) is 5.92 Å². The summed E-state index contributed by atoms with van der Waals surface area (Å²) in [5, 5.41) is 12.7. The van der Waals surface area contributed by atoms with Crippen molar-refractivity contribution in [2.75, 3.05) is 26.2 Å². The molecule has 0 bridgehead atoms. The second-order valence-corrected chi connectivity index (χ2v) is 4.75. The molecular formula is C11H22N2O. The molecule has 1 unspecified atom stereocenters. The van der Waals surface area contributed by atoms with Gasteiger partial charge in [0.1, 0.15) is 0 Å². The maximum atomic E-state index is 9.30. The lowest BCUT2D eigenvalue weighted by Crippen LogP contribution is -2.51. The lowest BCUT2D eigenvalue weighted by atomic mass is 9.93. The van der Waals surface area contributed by atoms with Gasteiger partial charge in [0.05, 0.1) is 6.61 Å². The zero-order chi connectivity index (χ0) is 9.97. The highest BCUT2D eigenvalue weighted by Crippen LogP contribution is 2.26. The summed E-state index contributed by atoms with van der Waals surface area (Å²) in [5.74, 6) is 0.732. The zero-order valence-corrected chi connectivity index (χ0v) is 9.08. The van der Waals surface area contributed by atoms with Gasteiger partial charge in [-0.05, 0) is 44.8 Å². The van der Waals surface area contributed by atoms with Gasteiger partial charge in [-0.15, -0.1) is 0 Å². The Hall–Kier alpha value is -0.120. The van der Waals surface area contributed by atoms with Crippen molar-refractivity contribution < 1.29 is 5.11 Å². The van der Waals surface area contributed by atoms with Crippen LogP contribution in [0.2, 0.25) is 0 Å². The standard InChI is InChI=1S/C11H22N2O/c1-9-7-12-5-4-11(9)13-6-2-3-10(13)8-14/h9-12,14H,2-8H2,1H3/t9-,10?,11+/m1/s1. The van der Waals surface area contributed by atoms with E-state index in [1.807, 2.05) is 0 Å². The molecule has 2 aliphatic rings. The van der Waals surface area contributed by atoms with Gasteiger partial charge in [-0.1, -0.05) is 6.92 Å². The van der Waals surface area contributed by atoms with Crippen molar-refractivity contribution in [3.63, 3.8) is 0 Å². The van der Waals surface area contributed by atoms with E-state index in [2.05, 4.69) is 17.1 Å². The smallest absolute Gasteiger partial charge is 0.0586 e. The lowest BCUT2D eigenvalue weighted by Gasteiger charge is -2.39. The molecule has 0 aromatic carbocycles. The molecule has 0 aliphatic carbocycles. The number of aliphatic hydroxyl groups excluding tert-OH is 1. The molecule has 0 aromatic rings. The van der Waals surface area contributed by atoms with E-state index in [1.165, 1.54) is 25.8 Å². The van der Waals surface area contributed by atoms with Crippen LogP contribution in [0.25, 0.3) is 0 Å². The van der Waals surface area contributed by atoms with E-state index >= 15 is 0 Å². The normalized spacial score (nSPS) is 40.3. The summed E-state index contributed by atoms with van der Waals surface area (Å²) in [5.41, 5.74) is 0. The molecular weight excluding hydrogens is 176 g/mol. The average molecular weight is 198 g/mol. The van der Waals surface area contributed by atoms with E-state index in [4.69, 9.17) is 0 Å². The molecule has 2 rings (SSSR count). The number of hydrogen-bond donors (Lipinski definition) is 2. The molecule has 3 atom stereocenters. The van der Waals surface area contributed by atoms with Gasteiger partial charge in [-0.2, -0.15) is 0 Å². The van der Waals surface area contributed by atoms with Crippen LogP contribution < -0.4 is 5.32 Å². The van der Waals surface area contributed by atoms with E-state index in [0.717, 1.165) is 19.0 Å². The van der Waals surface area contributed by atoms with Crippen molar-refractivity contribution in [3.8, 4) is 0 Å². The lowest BCUT2D eigenvalue weighted by molar-refractivity contribution is 0.0750. The number of likely N-dealkylation sites (tertiary alicyclic amines) is 1. The van der Waals surface area contributed by atoms with Crippen LogP contribution in [0.3, 0.4) is 0 Å². The molecule has 2 aliphatic heterocycles. The molecule has 0 amide bonds. The highest BCUT2D eigenvalue weighted by Gasteiger charge is 2.34. The predicted molar refractivity (Wildman–Crippen MR) is 57.3 cm³/mol. The molecule has 0 saturated carbocycles.